The van der Waals surface area contributed by atoms with E-state index in [-0.39, 0.29) is 11.5 Å². The van der Waals surface area contributed by atoms with Crippen molar-refractivity contribution in [2.24, 2.45) is 0 Å². The summed E-state index contributed by atoms with van der Waals surface area (Å²) in [6, 6.07) is 4.99. The van der Waals surface area contributed by atoms with Crippen molar-refractivity contribution in [2.45, 2.75) is 32.8 Å². The number of rotatable bonds is 4. The summed E-state index contributed by atoms with van der Waals surface area (Å²) >= 11 is 5.79. The van der Waals surface area contributed by atoms with Gasteiger partial charge in [0.2, 0.25) is 5.91 Å². The van der Waals surface area contributed by atoms with Gasteiger partial charge in [0.25, 0.3) is 0 Å². The monoisotopic (exact) mass is 270 g/mol. The van der Waals surface area contributed by atoms with E-state index < -0.39 is 0 Å². The van der Waals surface area contributed by atoms with Gasteiger partial charge in [-0.25, -0.2) is 0 Å². The van der Waals surface area contributed by atoms with Crippen molar-refractivity contribution in [3.63, 3.8) is 0 Å². The van der Waals surface area contributed by atoms with Gasteiger partial charge in [-0.1, -0.05) is 11.6 Å². The van der Waals surface area contributed by atoms with Gasteiger partial charge < -0.3 is 15.8 Å². The van der Waals surface area contributed by atoms with E-state index in [0.717, 1.165) is 0 Å². The number of benzene rings is 1. The fourth-order valence-corrected chi connectivity index (χ4v) is 1.41. The van der Waals surface area contributed by atoms with E-state index in [2.05, 4.69) is 5.32 Å². The number of ether oxygens (including phenoxy) is 1. The fraction of sp³-hybridized carbons (Fsp3) is 0.462. The van der Waals surface area contributed by atoms with Crippen LogP contribution in [0.4, 0.5) is 11.4 Å². The number of hydrogen-bond acceptors (Lipinski definition) is 3. The topological polar surface area (TPSA) is 64.3 Å². The average Bonchev–Trinajstić information content (AvgIpc) is 2.21. The van der Waals surface area contributed by atoms with Crippen LogP contribution < -0.4 is 11.1 Å². The Kier molecular flexibility index (Phi) is 4.99. The summed E-state index contributed by atoms with van der Waals surface area (Å²) in [5.41, 5.74) is 6.50. The largest absolute Gasteiger partial charge is 0.397 e. The normalized spacial score (nSPS) is 11.3. The number of nitrogen functional groups attached to an aromatic ring is 1. The highest BCUT2D eigenvalue weighted by Gasteiger charge is 2.11. The predicted molar refractivity (Wildman–Crippen MR) is 74.8 cm³/mol. The molecule has 1 aromatic carbocycles. The molecule has 3 N–H and O–H groups in total. The van der Waals surface area contributed by atoms with Gasteiger partial charge in [-0.15, -0.1) is 0 Å². The molecule has 1 rings (SSSR count). The molecule has 0 aliphatic carbocycles. The Morgan fingerprint density at radius 3 is 2.67 bits per heavy atom. The molecule has 18 heavy (non-hydrogen) atoms. The van der Waals surface area contributed by atoms with Crippen molar-refractivity contribution in [1.29, 1.82) is 0 Å². The Bertz CT molecular complexity index is 427. The lowest BCUT2D eigenvalue weighted by molar-refractivity contribution is -0.118. The van der Waals surface area contributed by atoms with Crippen molar-refractivity contribution in [1.82, 2.24) is 0 Å². The summed E-state index contributed by atoms with van der Waals surface area (Å²) in [5, 5.41) is 3.21. The average molecular weight is 271 g/mol. The molecule has 1 aromatic rings. The van der Waals surface area contributed by atoms with E-state index in [1.165, 1.54) is 0 Å². The van der Waals surface area contributed by atoms with Crippen molar-refractivity contribution in [2.75, 3.05) is 17.7 Å². The second-order valence-electron chi connectivity index (χ2n) is 5.00. The van der Waals surface area contributed by atoms with E-state index in [1.54, 1.807) is 18.2 Å². The van der Waals surface area contributed by atoms with E-state index in [0.29, 0.717) is 29.4 Å². The smallest absolute Gasteiger partial charge is 0.226 e. The SMILES string of the molecule is CC(C)(C)OCCC(=O)Nc1ccc(Cl)c(N)c1. The van der Waals surface area contributed by atoms with E-state index >= 15 is 0 Å². The van der Waals surface area contributed by atoms with Gasteiger partial charge in [0, 0.05) is 5.69 Å². The molecule has 5 heteroatoms. The maximum Gasteiger partial charge on any atom is 0.226 e. The zero-order valence-corrected chi connectivity index (χ0v) is 11.7. The molecule has 0 aliphatic rings. The molecule has 0 spiro atoms. The summed E-state index contributed by atoms with van der Waals surface area (Å²) in [4.78, 5) is 11.6. The first kappa shape index (κ1) is 14.8. The number of halogens is 1. The third-order valence-corrected chi connectivity index (χ3v) is 2.49. The fourth-order valence-electron chi connectivity index (χ4n) is 1.29. The molecule has 0 heterocycles. The van der Waals surface area contributed by atoms with Crippen molar-refractivity contribution in [3.05, 3.63) is 23.2 Å². The summed E-state index contributed by atoms with van der Waals surface area (Å²) < 4.78 is 5.47. The third kappa shape index (κ3) is 5.38. The molecule has 0 fully saturated rings. The Morgan fingerprint density at radius 1 is 1.44 bits per heavy atom. The minimum absolute atomic E-state index is 0.110. The van der Waals surface area contributed by atoms with Crippen molar-refractivity contribution in [3.8, 4) is 0 Å². The maximum atomic E-state index is 11.6. The van der Waals surface area contributed by atoms with Crippen LogP contribution in [0.3, 0.4) is 0 Å². The number of amides is 1. The van der Waals surface area contributed by atoms with Gasteiger partial charge in [-0.3, -0.25) is 4.79 Å². The second-order valence-corrected chi connectivity index (χ2v) is 5.40. The molecule has 0 radical (unpaired) electrons. The third-order valence-electron chi connectivity index (χ3n) is 2.14. The van der Waals surface area contributed by atoms with E-state index in [1.807, 2.05) is 20.8 Å². The van der Waals surface area contributed by atoms with Crippen LogP contribution in [0.5, 0.6) is 0 Å². The summed E-state index contributed by atoms with van der Waals surface area (Å²) in [7, 11) is 0. The van der Waals surface area contributed by atoms with Gasteiger partial charge in [-0.05, 0) is 39.0 Å². The highest BCUT2D eigenvalue weighted by molar-refractivity contribution is 6.33. The van der Waals surface area contributed by atoms with E-state index in [4.69, 9.17) is 22.1 Å². The Morgan fingerprint density at radius 2 is 2.11 bits per heavy atom. The van der Waals surface area contributed by atoms with Gasteiger partial charge in [-0.2, -0.15) is 0 Å². The zero-order chi connectivity index (χ0) is 13.8. The number of anilines is 2. The molecular formula is C13H19ClN2O2. The highest BCUT2D eigenvalue weighted by atomic mass is 35.5. The van der Waals surface area contributed by atoms with Crippen LogP contribution in [0, 0.1) is 0 Å². The van der Waals surface area contributed by atoms with Crippen LogP contribution >= 0.6 is 11.6 Å². The molecule has 0 aromatic heterocycles. The van der Waals surface area contributed by atoms with Crippen LogP contribution in [0.25, 0.3) is 0 Å². The lowest BCUT2D eigenvalue weighted by Crippen LogP contribution is -2.22. The highest BCUT2D eigenvalue weighted by Crippen LogP contribution is 2.22. The molecule has 0 saturated carbocycles. The number of carbonyl (C=O) groups is 1. The summed E-state index contributed by atoms with van der Waals surface area (Å²) in [6.45, 7) is 6.23. The van der Waals surface area contributed by atoms with Crippen molar-refractivity contribution < 1.29 is 9.53 Å². The molecular weight excluding hydrogens is 252 g/mol. The predicted octanol–water partition coefficient (Wildman–Crippen LogP) is 3.07. The minimum atomic E-state index is -0.231. The first-order valence-electron chi connectivity index (χ1n) is 5.77. The molecule has 1 amide bonds. The number of nitrogens with one attached hydrogen (secondary N) is 1. The maximum absolute atomic E-state index is 11.6. The van der Waals surface area contributed by atoms with E-state index in [9.17, 15) is 4.79 Å². The lowest BCUT2D eigenvalue weighted by Gasteiger charge is -2.19. The first-order valence-corrected chi connectivity index (χ1v) is 6.14. The molecule has 100 valence electrons. The number of nitrogens with two attached hydrogens (primary N) is 1. The number of hydrogen-bond donors (Lipinski definition) is 2. The van der Waals surface area contributed by atoms with Gasteiger partial charge in [0.15, 0.2) is 0 Å². The van der Waals surface area contributed by atoms with Gasteiger partial charge in [0.1, 0.15) is 0 Å². The van der Waals surface area contributed by atoms with Gasteiger partial charge in [0.05, 0.1) is 29.3 Å². The quantitative estimate of drug-likeness (QED) is 0.827. The van der Waals surface area contributed by atoms with Crippen LogP contribution in [-0.4, -0.2) is 18.1 Å². The summed E-state index contributed by atoms with van der Waals surface area (Å²) in [6.07, 6.45) is 0.305. The van der Waals surface area contributed by atoms with Gasteiger partial charge >= 0.3 is 0 Å². The molecule has 0 bridgehead atoms. The number of carbonyl (C=O) groups excluding carboxylic acids is 1. The Hall–Kier alpha value is -1.26. The van der Waals surface area contributed by atoms with Crippen LogP contribution in [0.15, 0.2) is 18.2 Å². The molecule has 0 saturated heterocycles. The second kappa shape index (κ2) is 6.07. The molecule has 4 nitrogen and oxygen atoms in total. The molecule has 0 atom stereocenters. The molecule has 0 unspecified atom stereocenters. The van der Waals surface area contributed by atoms with Crippen LogP contribution in [0.1, 0.15) is 27.2 Å². The minimum Gasteiger partial charge on any atom is -0.397 e. The summed E-state index contributed by atoms with van der Waals surface area (Å²) in [5.74, 6) is -0.110. The van der Waals surface area contributed by atoms with Crippen LogP contribution in [0.2, 0.25) is 5.02 Å². The molecule has 0 aliphatic heterocycles. The standard InChI is InChI=1S/C13H19ClN2O2/c1-13(2,3)18-7-6-12(17)16-9-4-5-10(14)11(15)8-9/h4-5,8H,6-7,15H2,1-3H3,(H,16,17). The van der Waals surface area contributed by atoms with Crippen molar-refractivity contribution >= 4 is 28.9 Å². The van der Waals surface area contributed by atoms with Crippen LogP contribution in [-0.2, 0) is 9.53 Å². The Labute approximate surface area is 112 Å². The Balaban J connectivity index is 2.42. The zero-order valence-electron chi connectivity index (χ0n) is 10.9. The first-order chi connectivity index (χ1) is 8.28. The lowest BCUT2D eigenvalue weighted by atomic mass is 10.2.